The molecule has 4 aliphatic rings. The predicted molar refractivity (Wildman–Crippen MR) is 148 cm³/mol. The van der Waals surface area contributed by atoms with Crippen LogP contribution in [0, 0.1) is 18.3 Å². The number of benzene rings is 3. The van der Waals surface area contributed by atoms with E-state index in [1.807, 2.05) is 97.3 Å². The number of hydrogen-bond acceptors (Lipinski definition) is 5. The van der Waals surface area contributed by atoms with Crippen LogP contribution in [0.1, 0.15) is 18.2 Å². The van der Waals surface area contributed by atoms with E-state index in [1.165, 1.54) is 0 Å². The van der Waals surface area contributed by atoms with Crippen LogP contribution in [0.4, 0.5) is 5.69 Å². The summed E-state index contributed by atoms with van der Waals surface area (Å²) in [5.74, 6) is 2.26. The first kappa shape index (κ1) is 23.1. The summed E-state index contributed by atoms with van der Waals surface area (Å²) in [7, 11) is 0. The van der Waals surface area contributed by atoms with Gasteiger partial charge in [0.2, 0.25) is 5.88 Å². The first-order chi connectivity index (χ1) is 18.5. The van der Waals surface area contributed by atoms with Crippen molar-refractivity contribution in [2.45, 2.75) is 13.8 Å². The van der Waals surface area contributed by atoms with Crippen LogP contribution in [0.3, 0.4) is 0 Å². The molecule has 2 aromatic carbocycles. The Hall–Kier alpha value is -5.28. The SMILES string of the molecule is CC1=CC(C(C#N)=C2Nc3ccccc3O2)=CC(=Cc2cc(C)c3ccc(=O)cc-3n2-c2ccccc2)O1. The van der Waals surface area contributed by atoms with Gasteiger partial charge >= 0.3 is 0 Å². The van der Waals surface area contributed by atoms with Crippen LogP contribution in [0.25, 0.3) is 23.0 Å². The highest BCUT2D eigenvalue weighted by Gasteiger charge is 2.24. The Labute approximate surface area is 220 Å². The molecule has 1 N–H and O–H groups in total. The van der Waals surface area contributed by atoms with Crippen LogP contribution in [0.5, 0.6) is 5.75 Å². The monoisotopic (exact) mass is 497 g/mol. The number of nitrogens with one attached hydrogen (secondary N) is 1. The third-order valence-electron chi connectivity index (χ3n) is 6.47. The molecular formula is C32H23N3O3. The summed E-state index contributed by atoms with van der Waals surface area (Å²) in [6.45, 7) is 3.87. The lowest BCUT2D eigenvalue weighted by Gasteiger charge is -2.22. The van der Waals surface area contributed by atoms with Gasteiger partial charge in [-0.2, -0.15) is 5.26 Å². The molecule has 3 aliphatic heterocycles. The molecule has 0 unspecified atom stereocenters. The summed E-state index contributed by atoms with van der Waals surface area (Å²) in [5.41, 5.74) is 6.39. The number of nitrogens with zero attached hydrogens (tertiary/aromatic N) is 2. The first-order valence-corrected chi connectivity index (χ1v) is 12.2. The first-order valence-electron chi connectivity index (χ1n) is 12.2. The molecule has 0 atom stereocenters. The molecular weight excluding hydrogens is 474 g/mol. The fourth-order valence-electron chi connectivity index (χ4n) is 4.80. The summed E-state index contributed by atoms with van der Waals surface area (Å²) in [5, 5.41) is 13.3. The molecule has 2 aromatic rings. The Bertz CT molecular complexity index is 1760. The van der Waals surface area contributed by atoms with E-state index < -0.39 is 0 Å². The average Bonchev–Trinajstić information content (AvgIpc) is 3.33. The molecule has 184 valence electrons. The van der Waals surface area contributed by atoms with Crippen LogP contribution in [0.2, 0.25) is 0 Å². The van der Waals surface area contributed by atoms with Gasteiger partial charge in [-0.25, -0.2) is 0 Å². The van der Waals surface area contributed by atoms with E-state index >= 15 is 0 Å². The molecule has 6 heteroatoms. The number of pyridine rings is 1. The summed E-state index contributed by atoms with van der Waals surface area (Å²) in [6.07, 6.45) is 5.56. The van der Waals surface area contributed by atoms with E-state index in [0.717, 1.165) is 33.9 Å². The second kappa shape index (κ2) is 9.30. The zero-order valence-corrected chi connectivity index (χ0v) is 20.9. The number of aromatic nitrogens is 1. The molecule has 0 aromatic heterocycles. The van der Waals surface area contributed by atoms with Crippen molar-refractivity contribution in [3.8, 4) is 28.8 Å². The minimum absolute atomic E-state index is 0.0587. The van der Waals surface area contributed by atoms with Gasteiger partial charge in [-0.15, -0.1) is 0 Å². The standard InChI is InChI=1S/C32H23N3O3/c1-20-14-24(35(23-8-4-3-5-9-23)30-18-25(36)12-13-27(20)30)17-26-16-22(15-21(2)37-26)28(19-33)32-34-29-10-6-7-11-31(29)38-32/h3-18,34H,1-2H3. The van der Waals surface area contributed by atoms with Gasteiger partial charge < -0.3 is 19.4 Å². The smallest absolute Gasteiger partial charge is 0.216 e. The van der Waals surface area contributed by atoms with E-state index in [0.29, 0.717) is 34.3 Å². The van der Waals surface area contributed by atoms with Gasteiger partial charge in [0.1, 0.15) is 23.2 Å². The molecule has 0 bridgehead atoms. The van der Waals surface area contributed by atoms with Crippen LogP contribution in [-0.2, 0) is 4.74 Å². The lowest BCUT2D eigenvalue weighted by Crippen LogP contribution is -2.11. The highest BCUT2D eigenvalue weighted by Crippen LogP contribution is 2.37. The number of allylic oxidation sites excluding steroid dienone is 5. The van der Waals surface area contributed by atoms with Crippen molar-refractivity contribution in [1.29, 1.82) is 5.26 Å². The number of aryl methyl sites for hydroxylation is 1. The molecule has 6 rings (SSSR count). The lowest BCUT2D eigenvalue weighted by atomic mass is 10.00. The Morgan fingerprint density at radius 3 is 2.53 bits per heavy atom. The van der Waals surface area contributed by atoms with Crippen molar-refractivity contribution in [3.63, 3.8) is 0 Å². The van der Waals surface area contributed by atoms with Gasteiger partial charge in [-0.3, -0.25) is 4.79 Å². The Balaban J connectivity index is 1.51. The average molecular weight is 498 g/mol. The maximum atomic E-state index is 12.4. The number of hydrogen-bond donors (Lipinski definition) is 1. The van der Waals surface area contributed by atoms with Gasteiger partial charge in [0, 0.05) is 29.0 Å². The molecule has 6 nitrogen and oxygen atoms in total. The number of nitriles is 1. The van der Waals surface area contributed by atoms with Gasteiger partial charge in [0.05, 0.1) is 17.1 Å². The summed E-state index contributed by atoms with van der Waals surface area (Å²) in [6, 6.07) is 26.9. The van der Waals surface area contributed by atoms with Crippen molar-refractivity contribution in [2.24, 2.45) is 0 Å². The van der Waals surface area contributed by atoms with Crippen molar-refractivity contribution < 1.29 is 9.47 Å². The van der Waals surface area contributed by atoms with E-state index in [4.69, 9.17) is 9.47 Å². The third-order valence-corrected chi connectivity index (χ3v) is 6.47. The van der Waals surface area contributed by atoms with Crippen molar-refractivity contribution in [1.82, 2.24) is 4.57 Å². The predicted octanol–water partition coefficient (Wildman–Crippen LogP) is 6.69. The zero-order chi connectivity index (χ0) is 26.2. The third kappa shape index (κ3) is 4.16. The van der Waals surface area contributed by atoms with E-state index in [9.17, 15) is 10.1 Å². The molecule has 0 saturated heterocycles. The van der Waals surface area contributed by atoms with E-state index in [2.05, 4.69) is 17.5 Å². The highest BCUT2D eigenvalue weighted by molar-refractivity contribution is 5.73. The van der Waals surface area contributed by atoms with E-state index in [1.54, 1.807) is 12.1 Å². The molecule has 1 aliphatic carbocycles. The topological polar surface area (TPSA) is 76.3 Å². The van der Waals surface area contributed by atoms with E-state index in [-0.39, 0.29) is 5.43 Å². The van der Waals surface area contributed by atoms with Crippen LogP contribution < -0.4 is 15.5 Å². The number of fused-ring (bicyclic) bond motifs is 2. The normalized spacial score (nSPS) is 16.5. The molecule has 0 fully saturated rings. The Kier molecular flexibility index (Phi) is 5.67. The molecule has 0 spiro atoms. The maximum absolute atomic E-state index is 12.4. The van der Waals surface area contributed by atoms with Gasteiger partial charge in [0.15, 0.2) is 11.2 Å². The van der Waals surface area contributed by atoms with Crippen molar-refractivity contribution >= 4 is 11.8 Å². The Morgan fingerprint density at radius 2 is 1.74 bits per heavy atom. The molecule has 0 amide bonds. The molecule has 38 heavy (non-hydrogen) atoms. The molecule has 3 heterocycles. The van der Waals surface area contributed by atoms with Crippen LogP contribution in [-0.4, -0.2) is 4.57 Å². The van der Waals surface area contributed by atoms with Gasteiger partial charge in [-0.05, 0) is 74.0 Å². The number of anilines is 1. The van der Waals surface area contributed by atoms with Crippen molar-refractivity contribution in [2.75, 3.05) is 5.32 Å². The van der Waals surface area contributed by atoms with Gasteiger partial charge in [0.25, 0.3) is 0 Å². The van der Waals surface area contributed by atoms with Gasteiger partial charge in [-0.1, -0.05) is 30.3 Å². The molecule has 0 saturated carbocycles. The number of ether oxygens (including phenoxy) is 2. The lowest BCUT2D eigenvalue weighted by molar-refractivity contribution is 0.321. The Morgan fingerprint density at radius 1 is 0.947 bits per heavy atom. The fourth-order valence-corrected chi connectivity index (χ4v) is 4.80. The quantitative estimate of drug-likeness (QED) is 0.319. The fraction of sp³-hybridized carbons (Fsp3) is 0.0625. The van der Waals surface area contributed by atoms with Crippen LogP contribution >= 0.6 is 0 Å². The number of rotatable bonds is 3. The highest BCUT2D eigenvalue weighted by atomic mass is 16.5. The summed E-state index contributed by atoms with van der Waals surface area (Å²) >= 11 is 0. The second-order valence-electron chi connectivity index (χ2n) is 9.14. The largest absolute Gasteiger partial charge is 0.462 e. The number of para-hydroxylation sites is 3. The van der Waals surface area contributed by atoms with Crippen LogP contribution in [0.15, 0.2) is 124 Å². The summed E-state index contributed by atoms with van der Waals surface area (Å²) in [4.78, 5) is 12.4. The zero-order valence-electron chi connectivity index (χ0n) is 20.9. The summed E-state index contributed by atoms with van der Waals surface area (Å²) < 4.78 is 14.1. The molecule has 0 radical (unpaired) electrons. The minimum atomic E-state index is -0.0587. The second-order valence-corrected chi connectivity index (χ2v) is 9.14. The maximum Gasteiger partial charge on any atom is 0.216 e. The minimum Gasteiger partial charge on any atom is -0.462 e. The van der Waals surface area contributed by atoms with Crippen molar-refractivity contribution in [3.05, 3.63) is 141 Å².